The van der Waals surface area contributed by atoms with Crippen molar-refractivity contribution in [2.24, 2.45) is 0 Å². The molecule has 0 aliphatic carbocycles. The third-order valence-electron chi connectivity index (χ3n) is 4.53. The normalized spacial score (nSPS) is 14.4. The van der Waals surface area contributed by atoms with Gasteiger partial charge in [0.2, 0.25) is 0 Å². The molecule has 1 rings (SSSR count). The Hall–Kier alpha value is -0.970. The van der Waals surface area contributed by atoms with Gasteiger partial charge in [-0.1, -0.05) is 19.9 Å². The molecular weight excluding hydrogens is 284 g/mol. The Morgan fingerprint density at radius 3 is 2.48 bits per heavy atom. The van der Waals surface area contributed by atoms with Crippen LogP contribution >= 0.6 is 0 Å². The summed E-state index contributed by atoms with van der Waals surface area (Å²) in [5.74, 6) is 0. The second-order valence-corrected chi connectivity index (χ2v) is 6.95. The highest BCUT2D eigenvalue weighted by atomic mass is 15.2. The van der Waals surface area contributed by atoms with E-state index in [0.29, 0.717) is 0 Å². The molecule has 0 aliphatic rings. The minimum absolute atomic E-state index is 0.200. The smallest absolute Gasteiger partial charge is 0.0416 e. The van der Waals surface area contributed by atoms with Gasteiger partial charge in [-0.2, -0.15) is 0 Å². The molecule has 1 aromatic heterocycles. The summed E-state index contributed by atoms with van der Waals surface area (Å²) < 4.78 is 0. The van der Waals surface area contributed by atoms with Gasteiger partial charge in [0.1, 0.15) is 0 Å². The maximum atomic E-state index is 4.39. The highest BCUT2D eigenvalue weighted by Gasteiger charge is 2.22. The highest BCUT2D eigenvalue weighted by Crippen LogP contribution is 2.11. The molecule has 0 saturated heterocycles. The second-order valence-electron chi connectivity index (χ2n) is 6.95. The molecule has 0 saturated carbocycles. The van der Waals surface area contributed by atoms with E-state index in [9.17, 15) is 0 Å². The molecule has 1 heterocycles. The van der Waals surface area contributed by atoms with Crippen LogP contribution in [0.25, 0.3) is 0 Å². The summed E-state index contributed by atoms with van der Waals surface area (Å²) in [5, 5.41) is 3.77. The first kappa shape index (κ1) is 20.1. The number of likely N-dealkylation sites (N-methyl/N-ethyl adjacent to an activating group) is 2. The average Bonchev–Trinajstić information content (AvgIpc) is 2.54. The van der Waals surface area contributed by atoms with Crippen molar-refractivity contribution >= 4 is 0 Å². The molecule has 0 amide bonds. The van der Waals surface area contributed by atoms with Gasteiger partial charge >= 0.3 is 0 Å². The number of pyridine rings is 1. The van der Waals surface area contributed by atoms with Gasteiger partial charge in [0, 0.05) is 50.0 Å². The van der Waals surface area contributed by atoms with Gasteiger partial charge in [-0.15, -0.1) is 0 Å². The van der Waals surface area contributed by atoms with E-state index in [1.165, 1.54) is 18.7 Å². The van der Waals surface area contributed by atoms with Crippen LogP contribution < -0.4 is 5.32 Å². The Balaban J connectivity index is 2.27. The molecule has 132 valence electrons. The Kier molecular flexibility index (Phi) is 9.37. The molecule has 23 heavy (non-hydrogen) atoms. The zero-order valence-electron chi connectivity index (χ0n) is 15.8. The van der Waals surface area contributed by atoms with Crippen molar-refractivity contribution in [1.29, 1.82) is 0 Å². The second kappa shape index (κ2) is 10.7. The van der Waals surface area contributed by atoms with Crippen molar-refractivity contribution < 1.29 is 0 Å². The SMILES string of the molecule is CCCN(C)CC(C)(CC)NCCN(C)CCc1ccccn1. The predicted molar refractivity (Wildman–Crippen MR) is 99.9 cm³/mol. The van der Waals surface area contributed by atoms with Gasteiger partial charge in [0.15, 0.2) is 0 Å². The van der Waals surface area contributed by atoms with Crippen LogP contribution in [-0.2, 0) is 6.42 Å². The summed E-state index contributed by atoms with van der Waals surface area (Å²) in [6.45, 7) is 12.3. The number of aromatic nitrogens is 1. The maximum absolute atomic E-state index is 4.39. The van der Waals surface area contributed by atoms with Gasteiger partial charge in [-0.05, 0) is 52.5 Å². The third-order valence-corrected chi connectivity index (χ3v) is 4.53. The molecule has 4 nitrogen and oxygen atoms in total. The van der Waals surface area contributed by atoms with Gasteiger partial charge < -0.3 is 15.1 Å². The lowest BCUT2D eigenvalue weighted by atomic mass is 9.98. The molecule has 0 bridgehead atoms. The third kappa shape index (κ3) is 8.45. The first-order valence-electron chi connectivity index (χ1n) is 9.01. The van der Waals surface area contributed by atoms with Crippen molar-refractivity contribution in [2.45, 2.75) is 45.6 Å². The minimum Gasteiger partial charge on any atom is -0.309 e. The predicted octanol–water partition coefficient (Wildman–Crippen LogP) is 2.66. The Morgan fingerprint density at radius 1 is 1.09 bits per heavy atom. The summed E-state index contributed by atoms with van der Waals surface area (Å²) in [4.78, 5) is 9.20. The lowest BCUT2D eigenvalue weighted by molar-refractivity contribution is 0.207. The Labute approximate surface area is 143 Å². The molecule has 0 fully saturated rings. The zero-order valence-corrected chi connectivity index (χ0v) is 15.8. The zero-order chi connectivity index (χ0) is 17.1. The van der Waals surface area contributed by atoms with Crippen molar-refractivity contribution in [3.8, 4) is 0 Å². The molecule has 0 aromatic carbocycles. The first-order valence-corrected chi connectivity index (χ1v) is 9.01. The van der Waals surface area contributed by atoms with Crippen LogP contribution in [0.5, 0.6) is 0 Å². The Bertz CT molecular complexity index is 409. The number of nitrogens with one attached hydrogen (secondary N) is 1. The number of hydrogen-bond donors (Lipinski definition) is 1. The van der Waals surface area contributed by atoms with Crippen LogP contribution in [0.1, 0.15) is 39.3 Å². The van der Waals surface area contributed by atoms with Crippen LogP contribution in [0.3, 0.4) is 0 Å². The molecule has 0 aliphatic heterocycles. The molecule has 1 aromatic rings. The van der Waals surface area contributed by atoms with E-state index in [-0.39, 0.29) is 5.54 Å². The average molecular weight is 321 g/mol. The topological polar surface area (TPSA) is 31.4 Å². The van der Waals surface area contributed by atoms with E-state index >= 15 is 0 Å². The van der Waals surface area contributed by atoms with E-state index in [1.54, 1.807) is 0 Å². The summed E-state index contributed by atoms with van der Waals surface area (Å²) in [6, 6.07) is 6.13. The summed E-state index contributed by atoms with van der Waals surface area (Å²) in [7, 11) is 4.41. The largest absolute Gasteiger partial charge is 0.309 e. The molecule has 1 unspecified atom stereocenters. The van der Waals surface area contributed by atoms with E-state index in [0.717, 1.165) is 39.0 Å². The fraction of sp³-hybridized carbons (Fsp3) is 0.737. The highest BCUT2D eigenvalue weighted by molar-refractivity contribution is 5.03. The fourth-order valence-corrected chi connectivity index (χ4v) is 2.86. The van der Waals surface area contributed by atoms with Crippen molar-refractivity contribution in [2.75, 3.05) is 46.8 Å². The van der Waals surface area contributed by atoms with E-state index in [4.69, 9.17) is 0 Å². The van der Waals surface area contributed by atoms with Crippen LogP contribution in [-0.4, -0.2) is 67.1 Å². The Morgan fingerprint density at radius 2 is 1.87 bits per heavy atom. The fourth-order valence-electron chi connectivity index (χ4n) is 2.86. The minimum atomic E-state index is 0.200. The van der Waals surface area contributed by atoms with E-state index in [2.05, 4.69) is 67.1 Å². The molecule has 0 radical (unpaired) electrons. The van der Waals surface area contributed by atoms with Gasteiger partial charge in [0.05, 0.1) is 0 Å². The summed E-state index contributed by atoms with van der Waals surface area (Å²) >= 11 is 0. The van der Waals surface area contributed by atoms with Crippen LogP contribution in [0, 0.1) is 0 Å². The number of hydrogen-bond acceptors (Lipinski definition) is 4. The summed E-state index contributed by atoms with van der Waals surface area (Å²) in [5.41, 5.74) is 1.37. The number of rotatable bonds is 12. The quantitative estimate of drug-likeness (QED) is 0.641. The standard InChI is InChI=1S/C19H36N4/c1-6-14-23(5)17-19(3,7-2)21-13-16-22(4)15-11-18-10-8-9-12-20-18/h8-10,12,21H,6-7,11,13-17H2,1-5H3. The van der Waals surface area contributed by atoms with Crippen LogP contribution in [0.4, 0.5) is 0 Å². The molecule has 1 atom stereocenters. The monoisotopic (exact) mass is 320 g/mol. The van der Waals surface area contributed by atoms with Crippen LogP contribution in [0.2, 0.25) is 0 Å². The van der Waals surface area contributed by atoms with E-state index < -0.39 is 0 Å². The maximum Gasteiger partial charge on any atom is 0.0416 e. The van der Waals surface area contributed by atoms with Gasteiger partial charge in [-0.3, -0.25) is 4.98 Å². The van der Waals surface area contributed by atoms with Gasteiger partial charge in [-0.25, -0.2) is 0 Å². The molecule has 4 heteroatoms. The van der Waals surface area contributed by atoms with E-state index in [1.807, 2.05) is 12.3 Å². The van der Waals surface area contributed by atoms with Crippen molar-refractivity contribution in [1.82, 2.24) is 20.1 Å². The van der Waals surface area contributed by atoms with Crippen molar-refractivity contribution in [3.05, 3.63) is 30.1 Å². The van der Waals surface area contributed by atoms with Crippen LogP contribution in [0.15, 0.2) is 24.4 Å². The number of nitrogens with zero attached hydrogens (tertiary/aromatic N) is 3. The molecular formula is C19H36N4. The lowest BCUT2D eigenvalue weighted by Gasteiger charge is -2.34. The lowest BCUT2D eigenvalue weighted by Crippen LogP contribution is -2.52. The van der Waals surface area contributed by atoms with Gasteiger partial charge in [0.25, 0.3) is 0 Å². The van der Waals surface area contributed by atoms with Crippen molar-refractivity contribution in [3.63, 3.8) is 0 Å². The first-order chi connectivity index (χ1) is 11.0. The molecule has 0 spiro atoms. The summed E-state index contributed by atoms with van der Waals surface area (Å²) in [6.07, 6.45) is 5.25. The molecule has 1 N–H and O–H groups in total.